The van der Waals surface area contributed by atoms with Crippen molar-refractivity contribution in [2.24, 2.45) is 0 Å². The van der Waals surface area contributed by atoms with Gasteiger partial charge in [0.15, 0.2) is 0 Å². The van der Waals surface area contributed by atoms with Crippen LogP contribution in [0.1, 0.15) is 11.1 Å². The SMILES string of the molecule is Cl.O=C(O)C1Cc2cc(Br)ccc2CN1. The number of carboxylic acids is 1. The summed E-state index contributed by atoms with van der Waals surface area (Å²) in [5.74, 6) is -0.782. The summed E-state index contributed by atoms with van der Waals surface area (Å²) in [6.07, 6.45) is 0.560. The lowest BCUT2D eigenvalue weighted by molar-refractivity contribution is -0.139. The van der Waals surface area contributed by atoms with Gasteiger partial charge in [0.2, 0.25) is 0 Å². The lowest BCUT2D eigenvalue weighted by Gasteiger charge is -2.23. The summed E-state index contributed by atoms with van der Waals surface area (Å²) in [5.41, 5.74) is 2.30. The maximum Gasteiger partial charge on any atom is 0.321 e. The first-order chi connectivity index (χ1) is 6.66. The molecule has 1 aliphatic heterocycles. The molecular weight excluding hydrogens is 281 g/mol. The third-order valence-electron chi connectivity index (χ3n) is 2.43. The molecule has 0 radical (unpaired) electrons. The van der Waals surface area contributed by atoms with Crippen molar-refractivity contribution in [3.8, 4) is 0 Å². The van der Waals surface area contributed by atoms with Crippen LogP contribution in [0.2, 0.25) is 0 Å². The molecule has 0 saturated heterocycles. The Morgan fingerprint density at radius 3 is 2.87 bits per heavy atom. The van der Waals surface area contributed by atoms with E-state index < -0.39 is 12.0 Å². The molecule has 15 heavy (non-hydrogen) atoms. The monoisotopic (exact) mass is 291 g/mol. The number of aliphatic carboxylic acids is 1. The molecule has 0 amide bonds. The molecule has 0 fully saturated rings. The average molecular weight is 293 g/mol. The maximum absolute atomic E-state index is 10.8. The molecule has 1 aromatic rings. The van der Waals surface area contributed by atoms with Crippen LogP contribution in [-0.2, 0) is 17.8 Å². The van der Waals surface area contributed by atoms with E-state index in [0.29, 0.717) is 13.0 Å². The molecule has 3 nitrogen and oxygen atoms in total. The molecule has 1 aliphatic rings. The van der Waals surface area contributed by atoms with Crippen LogP contribution < -0.4 is 5.32 Å². The number of carboxylic acid groups (broad SMARTS) is 1. The Morgan fingerprint density at radius 2 is 2.20 bits per heavy atom. The predicted molar refractivity (Wildman–Crippen MR) is 63.4 cm³/mol. The first kappa shape index (κ1) is 12.5. The first-order valence-electron chi connectivity index (χ1n) is 4.40. The molecule has 0 aliphatic carbocycles. The summed E-state index contributed by atoms with van der Waals surface area (Å²) in [7, 11) is 0. The summed E-state index contributed by atoms with van der Waals surface area (Å²) >= 11 is 3.38. The molecule has 2 rings (SSSR count). The predicted octanol–water partition coefficient (Wildman–Crippen LogP) is 1.97. The fraction of sp³-hybridized carbons (Fsp3) is 0.300. The van der Waals surface area contributed by atoms with E-state index in [0.717, 1.165) is 10.0 Å². The van der Waals surface area contributed by atoms with Gasteiger partial charge in [-0.1, -0.05) is 22.0 Å². The topological polar surface area (TPSA) is 49.3 Å². The van der Waals surface area contributed by atoms with E-state index in [9.17, 15) is 4.79 Å². The van der Waals surface area contributed by atoms with Gasteiger partial charge in [-0.2, -0.15) is 0 Å². The van der Waals surface area contributed by atoms with Gasteiger partial charge in [-0.3, -0.25) is 4.79 Å². The number of benzene rings is 1. The highest BCUT2D eigenvalue weighted by atomic mass is 79.9. The average Bonchev–Trinajstić information content (AvgIpc) is 2.16. The number of carbonyl (C=O) groups is 1. The Bertz CT molecular complexity index is 384. The Balaban J connectivity index is 0.00000112. The molecule has 0 spiro atoms. The van der Waals surface area contributed by atoms with Gasteiger partial charge in [0, 0.05) is 11.0 Å². The second-order valence-corrected chi connectivity index (χ2v) is 4.30. The zero-order valence-electron chi connectivity index (χ0n) is 7.87. The van der Waals surface area contributed by atoms with E-state index in [2.05, 4.69) is 21.2 Å². The normalized spacial score (nSPS) is 18.9. The van der Waals surface area contributed by atoms with Gasteiger partial charge >= 0.3 is 5.97 Å². The van der Waals surface area contributed by atoms with Gasteiger partial charge in [-0.05, 0) is 29.7 Å². The first-order valence-corrected chi connectivity index (χ1v) is 5.19. The van der Waals surface area contributed by atoms with Crippen molar-refractivity contribution in [1.29, 1.82) is 0 Å². The van der Waals surface area contributed by atoms with Crippen LogP contribution in [0.15, 0.2) is 22.7 Å². The van der Waals surface area contributed by atoms with Crippen LogP contribution >= 0.6 is 28.3 Å². The highest BCUT2D eigenvalue weighted by Gasteiger charge is 2.23. The summed E-state index contributed by atoms with van der Waals surface area (Å²) in [6, 6.07) is 5.54. The lowest BCUT2D eigenvalue weighted by atomic mass is 9.96. The zero-order valence-corrected chi connectivity index (χ0v) is 10.3. The van der Waals surface area contributed by atoms with Crippen molar-refractivity contribution >= 4 is 34.3 Å². The summed E-state index contributed by atoms with van der Waals surface area (Å²) < 4.78 is 1.00. The van der Waals surface area contributed by atoms with Crippen molar-refractivity contribution in [1.82, 2.24) is 5.32 Å². The highest BCUT2D eigenvalue weighted by molar-refractivity contribution is 9.10. The minimum atomic E-state index is -0.782. The number of rotatable bonds is 1. The van der Waals surface area contributed by atoms with Gasteiger partial charge in [-0.15, -0.1) is 12.4 Å². The Labute approximate surface area is 102 Å². The minimum absolute atomic E-state index is 0. The number of hydrogen-bond donors (Lipinski definition) is 2. The Hall–Kier alpha value is -0.580. The van der Waals surface area contributed by atoms with Crippen LogP contribution in [-0.4, -0.2) is 17.1 Å². The van der Waals surface area contributed by atoms with Crippen LogP contribution in [0.4, 0.5) is 0 Å². The van der Waals surface area contributed by atoms with Crippen LogP contribution in [0, 0.1) is 0 Å². The second-order valence-electron chi connectivity index (χ2n) is 3.39. The third kappa shape index (κ3) is 2.71. The van der Waals surface area contributed by atoms with E-state index in [-0.39, 0.29) is 12.4 Å². The van der Waals surface area contributed by atoms with Crippen molar-refractivity contribution in [3.05, 3.63) is 33.8 Å². The Morgan fingerprint density at radius 1 is 1.47 bits per heavy atom. The maximum atomic E-state index is 10.8. The summed E-state index contributed by atoms with van der Waals surface area (Å²) in [4.78, 5) is 10.8. The van der Waals surface area contributed by atoms with Crippen molar-refractivity contribution < 1.29 is 9.90 Å². The molecule has 5 heteroatoms. The molecule has 1 heterocycles. The fourth-order valence-corrected chi connectivity index (χ4v) is 2.07. The van der Waals surface area contributed by atoms with Gasteiger partial charge in [0.25, 0.3) is 0 Å². The number of halogens is 2. The van der Waals surface area contributed by atoms with Gasteiger partial charge in [-0.25, -0.2) is 0 Å². The van der Waals surface area contributed by atoms with Crippen LogP contribution in [0.25, 0.3) is 0 Å². The number of hydrogen-bond acceptors (Lipinski definition) is 2. The van der Waals surface area contributed by atoms with E-state index in [1.807, 2.05) is 18.2 Å². The highest BCUT2D eigenvalue weighted by Crippen LogP contribution is 2.21. The minimum Gasteiger partial charge on any atom is -0.480 e. The fourth-order valence-electron chi connectivity index (χ4n) is 1.66. The van der Waals surface area contributed by atoms with E-state index >= 15 is 0 Å². The van der Waals surface area contributed by atoms with E-state index in [4.69, 9.17) is 5.11 Å². The van der Waals surface area contributed by atoms with Crippen molar-refractivity contribution in [3.63, 3.8) is 0 Å². The summed E-state index contributed by atoms with van der Waals surface area (Å²) in [5, 5.41) is 11.8. The zero-order chi connectivity index (χ0) is 10.1. The molecule has 2 N–H and O–H groups in total. The molecule has 0 bridgehead atoms. The van der Waals surface area contributed by atoms with Crippen LogP contribution in [0.5, 0.6) is 0 Å². The molecule has 0 saturated carbocycles. The quantitative estimate of drug-likeness (QED) is 0.832. The van der Waals surface area contributed by atoms with E-state index in [1.54, 1.807) is 0 Å². The smallest absolute Gasteiger partial charge is 0.321 e. The third-order valence-corrected chi connectivity index (χ3v) is 2.92. The van der Waals surface area contributed by atoms with Crippen molar-refractivity contribution in [2.75, 3.05) is 0 Å². The lowest BCUT2D eigenvalue weighted by Crippen LogP contribution is -2.41. The largest absolute Gasteiger partial charge is 0.480 e. The molecule has 1 aromatic carbocycles. The van der Waals surface area contributed by atoms with E-state index in [1.165, 1.54) is 5.56 Å². The van der Waals surface area contributed by atoms with Gasteiger partial charge < -0.3 is 10.4 Å². The Kier molecular flexibility index (Phi) is 4.13. The molecule has 1 unspecified atom stereocenters. The van der Waals surface area contributed by atoms with Gasteiger partial charge in [0.05, 0.1) is 0 Å². The van der Waals surface area contributed by atoms with Crippen LogP contribution in [0.3, 0.4) is 0 Å². The molecule has 0 aromatic heterocycles. The summed E-state index contributed by atoms with van der Waals surface area (Å²) in [6.45, 7) is 0.638. The van der Waals surface area contributed by atoms with Gasteiger partial charge in [0.1, 0.15) is 6.04 Å². The van der Waals surface area contributed by atoms with Crippen molar-refractivity contribution in [2.45, 2.75) is 19.0 Å². The number of fused-ring (bicyclic) bond motifs is 1. The molecular formula is C10H11BrClNO2. The standard InChI is InChI=1S/C10H10BrNO2.ClH/c11-8-2-1-6-5-12-9(10(13)14)4-7(6)3-8;/h1-3,9,12H,4-5H2,(H,13,14);1H. The number of nitrogens with one attached hydrogen (secondary N) is 1. The molecule has 1 atom stereocenters. The molecule has 82 valence electrons. The second kappa shape index (κ2) is 4.96.